The minimum atomic E-state index is 0.0632. The minimum Gasteiger partial charge on any atom is -0.395 e. The number of hydrogen-bond donors (Lipinski definition) is 3. The van der Waals surface area contributed by atoms with Gasteiger partial charge in [0.25, 0.3) is 0 Å². The number of carbonyl (C=O) groups excluding carboxylic acids is 1. The van der Waals surface area contributed by atoms with Gasteiger partial charge in [-0.15, -0.1) is 0 Å². The van der Waals surface area contributed by atoms with Crippen LogP contribution in [0.25, 0.3) is 0 Å². The molecule has 2 atom stereocenters. The van der Waals surface area contributed by atoms with Gasteiger partial charge in [0.05, 0.1) is 12.6 Å². The number of aliphatic hydroxyl groups is 1. The van der Waals surface area contributed by atoms with E-state index < -0.39 is 0 Å². The van der Waals surface area contributed by atoms with Crippen molar-refractivity contribution < 1.29 is 9.90 Å². The Labute approximate surface area is 149 Å². The summed E-state index contributed by atoms with van der Waals surface area (Å²) >= 11 is 0. The fraction of sp³-hybridized carbons (Fsp3) is 0.722. The quantitative estimate of drug-likeness (QED) is 0.688. The molecule has 0 unspecified atom stereocenters. The molecule has 7 nitrogen and oxygen atoms in total. The third-order valence-electron chi connectivity index (χ3n) is 5.42. The molecule has 1 amide bonds. The molecule has 7 heteroatoms. The summed E-state index contributed by atoms with van der Waals surface area (Å²) in [4.78, 5) is 23.2. The minimum absolute atomic E-state index is 0.0632. The Morgan fingerprint density at radius 2 is 2.16 bits per heavy atom. The lowest BCUT2D eigenvalue weighted by molar-refractivity contribution is -0.128. The number of carbonyl (C=O) groups is 1. The fourth-order valence-electron chi connectivity index (χ4n) is 3.62. The van der Waals surface area contributed by atoms with E-state index in [1.54, 1.807) is 6.33 Å². The van der Waals surface area contributed by atoms with Crippen LogP contribution in [0.2, 0.25) is 0 Å². The number of nitrogens with zero attached hydrogens (tertiary/aromatic N) is 3. The van der Waals surface area contributed by atoms with Crippen molar-refractivity contribution in [3.8, 4) is 0 Å². The van der Waals surface area contributed by atoms with Crippen molar-refractivity contribution in [3.05, 3.63) is 12.4 Å². The van der Waals surface area contributed by atoms with Crippen molar-refractivity contribution in [3.63, 3.8) is 0 Å². The predicted molar refractivity (Wildman–Crippen MR) is 97.4 cm³/mol. The molecular formula is C18H29N5O2. The van der Waals surface area contributed by atoms with Gasteiger partial charge in [-0.05, 0) is 18.8 Å². The SMILES string of the molecule is CC(C)[C@@H]1CN(c2cc(NCCO)ncn2)C[C@H]1NC(=O)C1CCC1. The van der Waals surface area contributed by atoms with Gasteiger partial charge in [-0.3, -0.25) is 4.79 Å². The smallest absolute Gasteiger partial charge is 0.223 e. The molecule has 1 aliphatic heterocycles. The number of aromatic nitrogens is 2. The predicted octanol–water partition coefficient (Wildman–Crippen LogP) is 1.26. The first kappa shape index (κ1) is 17.9. The molecule has 1 aromatic heterocycles. The largest absolute Gasteiger partial charge is 0.395 e. The van der Waals surface area contributed by atoms with E-state index in [0.29, 0.717) is 24.2 Å². The molecule has 1 saturated heterocycles. The maximum atomic E-state index is 12.4. The average molecular weight is 347 g/mol. The van der Waals surface area contributed by atoms with Crippen LogP contribution in [0.5, 0.6) is 0 Å². The highest BCUT2D eigenvalue weighted by Crippen LogP contribution is 2.30. The van der Waals surface area contributed by atoms with Crippen LogP contribution < -0.4 is 15.5 Å². The van der Waals surface area contributed by atoms with Crippen LogP contribution >= 0.6 is 0 Å². The van der Waals surface area contributed by atoms with Crippen molar-refractivity contribution in [1.82, 2.24) is 15.3 Å². The van der Waals surface area contributed by atoms with Crippen molar-refractivity contribution in [1.29, 1.82) is 0 Å². The second-order valence-corrected chi connectivity index (χ2v) is 7.47. The third-order valence-corrected chi connectivity index (χ3v) is 5.42. The number of nitrogens with one attached hydrogen (secondary N) is 2. The Kier molecular flexibility index (Phi) is 5.73. The standard InChI is InChI=1S/C18H29N5O2/c1-12(2)14-9-23(10-15(14)22-18(25)13-4-3-5-13)17-8-16(19-6-7-24)20-11-21-17/h8,11-15,24H,3-7,9-10H2,1-2H3,(H,22,25)(H,19,20,21)/t14-,15+/m0/s1. The number of hydrogen-bond acceptors (Lipinski definition) is 6. The average Bonchev–Trinajstić information content (AvgIpc) is 2.95. The second kappa shape index (κ2) is 7.99. The first-order chi connectivity index (χ1) is 12.1. The number of aliphatic hydroxyl groups excluding tert-OH is 1. The zero-order chi connectivity index (χ0) is 17.8. The molecule has 3 N–H and O–H groups in total. The van der Waals surface area contributed by atoms with Gasteiger partial charge >= 0.3 is 0 Å². The lowest BCUT2D eigenvalue weighted by Gasteiger charge is -2.28. The lowest BCUT2D eigenvalue weighted by Crippen LogP contribution is -2.46. The summed E-state index contributed by atoms with van der Waals surface area (Å²) in [6.45, 7) is 6.61. The van der Waals surface area contributed by atoms with Gasteiger partial charge in [0.15, 0.2) is 0 Å². The Balaban J connectivity index is 1.67. The maximum absolute atomic E-state index is 12.4. The van der Waals surface area contributed by atoms with E-state index >= 15 is 0 Å². The Morgan fingerprint density at radius 3 is 2.80 bits per heavy atom. The molecule has 1 saturated carbocycles. The molecule has 3 rings (SSSR count). The van der Waals surface area contributed by atoms with Crippen LogP contribution in [0.4, 0.5) is 11.6 Å². The van der Waals surface area contributed by atoms with Crippen LogP contribution in [-0.2, 0) is 4.79 Å². The van der Waals surface area contributed by atoms with Crippen molar-refractivity contribution in [2.24, 2.45) is 17.8 Å². The van der Waals surface area contributed by atoms with Crippen molar-refractivity contribution in [2.45, 2.75) is 39.2 Å². The van der Waals surface area contributed by atoms with Gasteiger partial charge in [0.2, 0.25) is 5.91 Å². The van der Waals surface area contributed by atoms with Gasteiger partial charge in [-0.1, -0.05) is 20.3 Å². The fourth-order valence-corrected chi connectivity index (χ4v) is 3.62. The zero-order valence-corrected chi connectivity index (χ0v) is 15.1. The first-order valence-electron chi connectivity index (χ1n) is 9.30. The first-order valence-corrected chi connectivity index (χ1v) is 9.30. The van der Waals surface area contributed by atoms with Crippen LogP contribution in [0, 0.1) is 17.8 Å². The van der Waals surface area contributed by atoms with Gasteiger partial charge < -0.3 is 20.6 Å². The molecule has 2 aliphatic rings. The molecular weight excluding hydrogens is 318 g/mol. The Bertz CT molecular complexity index is 591. The molecule has 1 aliphatic carbocycles. The highest BCUT2D eigenvalue weighted by molar-refractivity contribution is 5.79. The van der Waals surface area contributed by atoms with Crippen LogP contribution in [0.3, 0.4) is 0 Å². The normalized spacial score (nSPS) is 23.6. The van der Waals surface area contributed by atoms with Crippen molar-refractivity contribution in [2.75, 3.05) is 36.5 Å². The molecule has 138 valence electrons. The lowest BCUT2D eigenvalue weighted by atomic mass is 9.84. The summed E-state index contributed by atoms with van der Waals surface area (Å²) in [5.74, 6) is 2.91. The van der Waals surface area contributed by atoms with Gasteiger partial charge in [-0.25, -0.2) is 9.97 Å². The van der Waals surface area contributed by atoms with E-state index in [9.17, 15) is 4.79 Å². The monoisotopic (exact) mass is 347 g/mol. The summed E-state index contributed by atoms with van der Waals surface area (Å²) < 4.78 is 0. The number of anilines is 2. The summed E-state index contributed by atoms with van der Waals surface area (Å²) in [5.41, 5.74) is 0. The highest BCUT2D eigenvalue weighted by atomic mass is 16.3. The highest BCUT2D eigenvalue weighted by Gasteiger charge is 2.38. The summed E-state index contributed by atoms with van der Waals surface area (Å²) in [7, 11) is 0. The molecule has 2 heterocycles. The second-order valence-electron chi connectivity index (χ2n) is 7.47. The Hall–Kier alpha value is -1.89. The molecule has 0 radical (unpaired) electrons. The maximum Gasteiger partial charge on any atom is 0.223 e. The molecule has 25 heavy (non-hydrogen) atoms. The van der Waals surface area contributed by atoms with Crippen LogP contribution in [0.1, 0.15) is 33.1 Å². The molecule has 0 aromatic carbocycles. The summed E-state index contributed by atoms with van der Waals surface area (Å²) in [6.07, 6.45) is 4.77. The van der Waals surface area contributed by atoms with E-state index in [-0.39, 0.29) is 24.5 Å². The van der Waals surface area contributed by atoms with Gasteiger partial charge in [-0.2, -0.15) is 0 Å². The van der Waals surface area contributed by atoms with Gasteiger partial charge in [0, 0.05) is 37.5 Å². The van der Waals surface area contributed by atoms with Crippen molar-refractivity contribution >= 4 is 17.5 Å². The number of rotatable bonds is 7. The van der Waals surface area contributed by atoms with E-state index in [0.717, 1.165) is 31.7 Å². The molecule has 2 fully saturated rings. The third kappa shape index (κ3) is 4.21. The summed E-state index contributed by atoms with van der Waals surface area (Å²) in [5, 5.41) is 15.3. The molecule has 1 aromatic rings. The van der Waals surface area contributed by atoms with E-state index in [1.165, 1.54) is 6.42 Å². The van der Waals surface area contributed by atoms with E-state index in [2.05, 4.69) is 39.3 Å². The van der Waals surface area contributed by atoms with E-state index in [4.69, 9.17) is 5.11 Å². The Morgan fingerprint density at radius 1 is 1.36 bits per heavy atom. The van der Waals surface area contributed by atoms with E-state index in [1.807, 2.05) is 6.07 Å². The van der Waals surface area contributed by atoms with Crippen LogP contribution in [0.15, 0.2) is 12.4 Å². The molecule has 0 spiro atoms. The topological polar surface area (TPSA) is 90.4 Å². The van der Waals surface area contributed by atoms with Crippen LogP contribution in [-0.4, -0.2) is 53.3 Å². The molecule has 0 bridgehead atoms. The summed E-state index contributed by atoms with van der Waals surface area (Å²) in [6, 6.07) is 2.07. The number of amides is 1. The van der Waals surface area contributed by atoms with Gasteiger partial charge in [0.1, 0.15) is 18.0 Å². The zero-order valence-electron chi connectivity index (χ0n) is 15.1.